The van der Waals surface area contributed by atoms with Crippen molar-refractivity contribution in [2.24, 2.45) is 0 Å². The zero-order valence-corrected chi connectivity index (χ0v) is 25.3. The van der Waals surface area contributed by atoms with E-state index in [1.807, 2.05) is 52.8 Å². The Balaban J connectivity index is 1.87. The number of hydrogen-bond acceptors (Lipinski definition) is 4. The lowest BCUT2D eigenvalue weighted by atomic mass is 9.98. The highest BCUT2D eigenvalue weighted by atomic mass is 16.4. The van der Waals surface area contributed by atoms with E-state index in [9.17, 15) is 30.0 Å². The van der Waals surface area contributed by atoms with Gasteiger partial charge in [0.05, 0.1) is 10.7 Å². The number of aromatic amines is 4. The highest BCUT2D eigenvalue weighted by molar-refractivity contribution is 5.68. The van der Waals surface area contributed by atoms with E-state index in [-0.39, 0.29) is 24.6 Å². The van der Waals surface area contributed by atoms with Crippen LogP contribution in [0.5, 0.6) is 11.8 Å². The van der Waals surface area contributed by atoms with Crippen molar-refractivity contribution in [2.75, 3.05) is 0 Å². The SMILES string of the molecule is C=c1c(CC)c(O)[nH]c1=Cc1[nH]c(Cc2[nH]c(C=c3[nH]c(O)c(C)c3=CC)c(C)c2CCC(=O)O)c(CCC(=O)O)c1C. The topological polar surface area (TPSA) is 178 Å². The Morgan fingerprint density at radius 2 is 1.23 bits per heavy atom. The minimum atomic E-state index is -0.901. The lowest BCUT2D eigenvalue weighted by Gasteiger charge is -2.07. The zero-order chi connectivity index (χ0) is 31.6. The Kier molecular flexibility index (Phi) is 9.08. The van der Waals surface area contributed by atoms with Crippen LogP contribution < -0.4 is 21.1 Å². The first-order chi connectivity index (χ1) is 20.4. The van der Waals surface area contributed by atoms with Crippen LogP contribution in [0.4, 0.5) is 0 Å². The van der Waals surface area contributed by atoms with Crippen molar-refractivity contribution in [3.8, 4) is 11.8 Å². The van der Waals surface area contributed by atoms with Gasteiger partial charge in [0.15, 0.2) is 11.8 Å². The lowest BCUT2D eigenvalue weighted by molar-refractivity contribution is -0.138. The zero-order valence-electron chi connectivity index (χ0n) is 25.3. The molecule has 0 atom stereocenters. The molecule has 0 saturated heterocycles. The molecule has 4 aromatic heterocycles. The summed E-state index contributed by atoms with van der Waals surface area (Å²) in [7, 11) is 0. The fraction of sp³-hybridized carbons (Fsp3) is 0.333. The lowest BCUT2D eigenvalue weighted by Crippen LogP contribution is -2.23. The minimum Gasteiger partial charge on any atom is -0.494 e. The van der Waals surface area contributed by atoms with E-state index in [0.29, 0.717) is 36.3 Å². The Hall–Kier alpha value is -4.86. The molecule has 8 N–H and O–H groups in total. The maximum atomic E-state index is 11.5. The number of carboxylic acids is 2. The third kappa shape index (κ3) is 6.33. The van der Waals surface area contributed by atoms with Crippen LogP contribution in [0.2, 0.25) is 0 Å². The molecular weight excluding hydrogens is 548 g/mol. The number of H-pyrrole nitrogens is 4. The van der Waals surface area contributed by atoms with Gasteiger partial charge in [-0.3, -0.25) is 9.59 Å². The van der Waals surface area contributed by atoms with Crippen LogP contribution in [0.25, 0.3) is 24.8 Å². The van der Waals surface area contributed by atoms with Gasteiger partial charge in [0.25, 0.3) is 0 Å². The summed E-state index contributed by atoms with van der Waals surface area (Å²) in [5.74, 6) is -1.63. The van der Waals surface area contributed by atoms with Gasteiger partial charge in [-0.1, -0.05) is 19.6 Å². The van der Waals surface area contributed by atoms with E-state index in [2.05, 4.69) is 26.5 Å². The highest BCUT2D eigenvalue weighted by Gasteiger charge is 2.20. The molecule has 4 aromatic rings. The van der Waals surface area contributed by atoms with Crippen LogP contribution in [-0.2, 0) is 35.3 Å². The number of rotatable bonds is 11. The van der Waals surface area contributed by atoms with Crippen molar-refractivity contribution in [3.05, 3.63) is 77.3 Å². The first-order valence-corrected chi connectivity index (χ1v) is 14.4. The van der Waals surface area contributed by atoms with E-state index >= 15 is 0 Å². The van der Waals surface area contributed by atoms with Gasteiger partial charge in [-0.05, 0) is 86.6 Å². The molecule has 4 rings (SSSR count). The smallest absolute Gasteiger partial charge is 0.303 e. The summed E-state index contributed by atoms with van der Waals surface area (Å²) in [6, 6.07) is 0. The fourth-order valence-corrected chi connectivity index (χ4v) is 5.83. The molecule has 0 fully saturated rings. The van der Waals surface area contributed by atoms with E-state index in [1.165, 1.54) is 0 Å². The Morgan fingerprint density at radius 3 is 1.67 bits per heavy atom. The van der Waals surface area contributed by atoms with Gasteiger partial charge >= 0.3 is 11.9 Å². The molecule has 10 heteroatoms. The summed E-state index contributed by atoms with van der Waals surface area (Å²) in [4.78, 5) is 36.0. The van der Waals surface area contributed by atoms with Gasteiger partial charge in [-0.25, -0.2) is 0 Å². The van der Waals surface area contributed by atoms with Crippen LogP contribution in [-0.4, -0.2) is 52.3 Å². The summed E-state index contributed by atoms with van der Waals surface area (Å²) in [6.45, 7) is 13.7. The minimum absolute atomic E-state index is 0.0431. The normalized spacial score (nSPS) is 13.0. The maximum absolute atomic E-state index is 11.5. The highest BCUT2D eigenvalue weighted by Crippen LogP contribution is 2.28. The second-order valence-electron chi connectivity index (χ2n) is 10.9. The van der Waals surface area contributed by atoms with E-state index in [1.54, 1.807) is 0 Å². The molecule has 0 aliphatic rings. The molecule has 10 nitrogen and oxygen atoms in total. The van der Waals surface area contributed by atoms with Crippen molar-refractivity contribution in [1.82, 2.24) is 19.9 Å². The van der Waals surface area contributed by atoms with Crippen LogP contribution in [0.1, 0.15) is 82.8 Å². The second kappa shape index (κ2) is 12.6. The molecule has 0 saturated carbocycles. The number of carboxylic acid groups (broad SMARTS) is 2. The molecule has 0 radical (unpaired) electrons. The van der Waals surface area contributed by atoms with Gasteiger partial charge < -0.3 is 40.4 Å². The van der Waals surface area contributed by atoms with Crippen LogP contribution in [0.3, 0.4) is 0 Å². The van der Waals surface area contributed by atoms with Gasteiger partial charge in [0, 0.05) is 58.4 Å². The number of aliphatic carboxylic acids is 2. The summed E-state index contributed by atoms with van der Waals surface area (Å²) in [6.07, 6.45) is 7.26. The average molecular weight is 589 g/mol. The van der Waals surface area contributed by atoms with Crippen molar-refractivity contribution in [3.63, 3.8) is 0 Å². The number of aromatic nitrogens is 4. The van der Waals surface area contributed by atoms with E-state index in [4.69, 9.17) is 0 Å². The molecule has 43 heavy (non-hydrogen) atoms. The second-order valence-corrected chi connectivity index (χ2v) is 10.9. The van der Waals surface area contributed by atoms with Gasteiger partial charge in [0.1, 0.15) is 0 Å². The molecule has 0 bridgehead atoms. The van der Waals surface area contributed by atoms with Crippen molar-refractivity contribution in [1.29, 1.82) is 0 Å². The summed E-state index contributed by atoms with van der Waals surface area (Å²) in [5, 5.41) is 42.4. The predicted octanol–water partition coefficient (Wildman–Crippen LogP) is 2.39. The number of nitrogens with one attached hydrogen (secondary N) is 4. The summed E-state index contributed by atoms with van der Waals surface area (Å²) in [5.41, 5.74) is 8.25. The molecule has 0 unspecified atom stereocenters. The first kappa shape index (κ1) is 31.1. The molecule has 0 amide bonds. The Labute approximate surface area is 248 Å². The maximum Gasteiger partial charge on any atom is 0.303 e. The van der Waals surface area contributed by atoms with E-state index < -0.39 is 11.9 Å². The third-order valence-electron chi connectivity index (χ3n) is 8.29. The monoisotopic (exact) mass is 588 g/mol. The molecule has 0 aromatic carbocycles. The summed E-state index contributed by atoms with van der Waals surface area (Å²) >= 11 is 0. The Morgan fingerprint density at radius 1 is 0.744 bits per heavy atom. The van der Waals surface area contributed by atoms with Gasteiger partial charge in [0.2, 0.25) is 0 Å². The standard InChI is InChI=1S/C33H40N4O6/c1-7-20-19(6)32(42)37-27(20)14-25-18(5)23(10-12-31(40)41)29(35-25)15-28-22(9-11-30(38)39)17(4)24(34-28)13-26-16(3)21(8-2)33(43)36-26/h7,13-14,34-37,42-43H,3,8-12,15H2,1-2,4-6H3,(H,38,39)(H,40,41). The fourth-order valence-electron chi connectivity index (χ4n) is 5.83. The van der Waals surface area contributed by atoms with Crippen molar-refractivity contribution >= 4 is 36.7 Å². The molecule has 0 aliphatic heterocycles. The Bertz CT molecular complexity index is 1930. The number of hydrogen-bond donors (Lipinski definition) is 8. The predicted molar refractivity (Wildman–Crippen MR) is 166 cm³/mol. The first-order valence-electron chi connectivity index (χ1n) is 14.4. The third-order valence-corrected chi connectivity index (χ3v) is 8.29. The van der Waals surface area contributed by atoms with Crippen molar-refractivity contribution in [2.45, 2.75) is 73.1 Å². The molecule has 4 heterocycles. The van der Waals surface area contributed by atoms with Crippen molar-refractivity contribution < 1.29 is 30.0 Å². The van der Waals surface area contributed by atoms with E-state index in [0.717, 1.165) is 66.7 Å². The number of carbonyl (C=O) groups is 2. The quantitative estimate of drug-likeness (QED) is 0.133. The van der Waals surface area contributed by atoms with Crippen LogP contribution >= 0.6 is 0 Å². The van der Waals surface area contributed by atoms with Crippen LogP contribution in [0, 0.1) is 20.8 Å². The molecule has 0 spiro atoms. The van der Waals surface area contributed by atoms with Gasteiger partial charge in [-0.2, -0.15) is 0 Å². The van der Waals surface area contributed by atoms with Gasteiger partial charge in [-0.15, -0.1) is 0 Å². The average Bonchev–Trinajstić information content (AvgIpc) is 3.59. The molecular formula is C33H40N4O6. The largest absolute Gasteiger partial charge is 0.494 e. The van der Waals surface area contributed by atoms with Crippen LogP contribution in [0.15, 0.2) is 0 Å². The molecule has 228 valence electrons. The summed E-state index contributed by atoms with van der Waals surface area (Å²) < 4.78 is 0. The molecule has 0 aliphatic carbocycles. The number of aromatic hydroxyl groups is 2.